The molecule has 1 aromatic carbocycles. The molecule has 8 heteroatoms. The first-order valence-electron chi connectivity index (χ1n) is 7.77. The summed E-state index contributed by atoms with van der Waals surface area (Å²) < 4.78 is 30.7. The molecule has 0 unspecified atom stereocenters. The number of nitrogens with zero attached hydrogens (tertiary/aromatic N) is 6. The smallest absolute Gasteiger partial charge is 0.218 e. The van der Waals surface area contributed by atoms with E-state index in [2.05, 4.69) is 15.0 Å². The minimum absolute atomic E-state index is 0.226. The Kier molecular flexibility index (Phi) is 2.71. The third-order valence-electron chi connectivity index (χ3n) is 4.35. The Morgan fingerprint density at radius 3 is 2.64 bits per heavy atom. The predicted molar refractivity (Wildman–Crippen MR) is 85.1 cm³/mol. The second-order valence-corrected chi connectivity index (χ2v) is 6.03. The number of imidazole rings is 2. The lowest BCUT2D eigenvalue weighted by molar-refractivity contribution is 0.510. The van der Waals surface area contributed by atoms with Crippen molar-refractivity contribution in [2.24, 2.45) is 0 Å². The number of benzene rings is 1. The molecule has 0 N–H and O–H groups in total. The van der Waals surface area contributed by atoms with Crippen LogP contribution < -0.4 is 0 Å². The molecule has 1 aliphatic rings. The molecular formula is C17H10F2N6. The first kappa shape index (κ1) is 14.0. The summed E-state index contributed by atoms with van der Waals surface area (Å²) in [7, 11) is 0. The van der Waals surface area contributed by atoms with Gasteiger partial charge in [-0.15, -0.1) is 0 Å². The van der Waals surface area contributed by atoms with Gasteiger partial charge in [0, 0.05) is 18.2 Å². The third kappa shape index (κ3) is 2.02. The molecule has 4 aromatic rings. The minimum atomic E-state index is -0.937. The average molecular weight is 336 g/mol. The van der Waals surface area contributed by atoms with Crippen LogP contribution in [0.2, 0.25) is 0 Å². The summed E-state index contributed by atoms with van der Waals surface area (Å²) >= 11 is 0. The predicted octanol–water partition coefficient (Wildman–Crippen LogP) is 3.25. The van der Waals surface area contributed by atoms with E-state index in [1.165, 1.54) is 6.33 Å². The molecule has 3 aromatic heterocycles. The van der Waals surface area contributed by atoms with Crippen LogP contribution in [0.4, 0.5) is 8.78 Å². The van der Waals surface area contributed by atoms with Gasteiger partial charge in [0.2, 0.25) is 5.95 Å². The molecule has 1 aliphatic carbocycles. The Labute approximate surface area is 140 Å². The molecular weight excluding hydrogens is 326 g/mol. The number of hydrogen-bond acceptors (Lipinski definition) is 4. The lowest BCUT2D eigenvalue weighted by atomic mass is 10.3. The summed E-state index contributed by atoms with van der Waals surface area (Å²) in [6.07, 6.45) is 3.45. The fraction of sp³-hybridized carbons (Fsp3) is 0.176. The molecule has 0 aliphatic heterocycles. The summed E-state index contributed by atoms with van der Waals surface area (Å²) in [6.45, 7) is 0. The van der Waals surface area contributed by atoms with Crippen LogP contribution in [0, 0.1) is 23.0 Å². The Morgan fingerprint density at radius 2 is 1.88 bits per heavy atom. The van der Waals surface area contributed by atoms with Crippen molar-refractivity contribution in [2.75, 3.05) is 0 Å². The van der Waals surface area contributed by atoms with E-state index in [0.717, 1.165) is 25.0 Å². The van der Waals surface area contributed by atoms with Crippen LogP contribution in [0.5, 0.6) is 0 Å². The number of fused-ring (bicyclic) bond motifs is 2. The zero-order chi connectivity index (χ0) is 17.1. The van der Waals surface area contributed by atoms with Crippen LogP contribution in [0.3, 0.4) is 0 Å². The van der Waals surface area contributed by atoms with E-state index in [1.54, 1.807) is 16.7 Å². The lowest BCUT2D eigenvalue weighted by Gasteiger charge is -2.08. The Balaban J connectivity index is 1.82. The van der Waals surface area contributed by atoms with Crippen LogP contribution in [-0.4, -0.2) is 24.1 Å². The number of pyridine rings is 1. The van der Waals surface area contributed by atoms with E-state index in [0.29, 0.717) is 33.8 Å². The molecule has 0 atom stereocenters. The highest BCUT2D eigenvalue weighted by Gasteiger charge is 2.30. The van der Waals surface area contributed by atoms with E-state index in [4.69, 9.17) is 5.26 Å². The van der Waals surface area contributed by atoms with Gasteiger partial charge in [0.25, 0.3) is 0 Å². The summed E-state index contributed by atoms with van der Waals surface area (Å²) in [5.74, 6) is -1.34. The van der Waals surface area contributed by atoms with Gasteiger partial charge in [0.15, 0.2) is 17.3 Å². The molecule has 0 radical (unpaired) electrons. The monoisotopic (exact) mass is 336 g/mol. The molecule has 0 bridgehead atoms. The quantitative estimate of drug-likeness (QED) is 0.563. The summed E-state index contributed by atoms with van der Waals surface area (Å²) in [5, 5.41) is 9.10. The van der Waals surface area contributed by atoms with E-state index in [-0.39, 0.29) is 6.04 Å². The number of rotatable bonds is 2. The maximum absolute atomic E-state index is 13.7. The van der Waals surface area contributed by atoms with Crippen LogP contribution in [-0.2, 0) is 0 Å². The van der Waals surface area contributed by atoms with Gasteiger partial charge in [0.1, 0.15) is 23.6 Å². The first-order valence-corrected chi connectivity index (χ1v) is 7.77. The zero-order valence-corrected chi connectivity index (χ0v) is 12.8. The van der Waals surface area contributed by atoms with E-state index in [9.17, 15) is 8.78 Å². The van der Waals surface area contributed by atoms with Crippen molar-refractivity contribution in [3.05, 3.63) is 47.9 Å². The molecule has 0 spiro atoms. The normalized spacial score (nSPS) is 14.3. The molecule has 3 heterocycles. The van der Waals surface area contributed by atoms with E-state index in [1.807, 2.05) is 10.6 Å². The topological polar surface area (TPSA) is 72.3 Å². The average Bonchev–Trinajstić information content (AvgIpc) is 3.27. The van der Waals surface area contributed by atoms with Crippen molar-refractivity contribution in [1.29, 1.82) is 5.26 Å². The third-order valence-corrected chi connectivity index (χ3v) is 4.35. The van der Waals surface area contributed by atoms with Crippen molar-refractivity contribution in [2.45, 2.75) is 18.9 Å². The van der Waals surface area contributed by atoms with Crippen LogP contribution in [0.25, 0.3) is 28.1 Å². The second kappa shape index (κ2) is 4.83. The SMILES string of the molecule is N#Cc1ccc2nc(-n3cnc4cc(F)c(F)cc43)n(C3CC3)c2n1. The first-order chi connectivity index (χ1) is 12.2. The number of aromatic nitrogens is 5. The standard InChI is InChI=1S/C17H10F2N6/c18-11-5-14-15(6-12(11)19)24(8-21-14)17-23-13-4-1-9(7-20)22-16(13)25(17)10-2-3-10/h1,4-6,8,10H,2-3H2. The molecule has 0 saturated heterocycles. The van der Waals surface area contributed by atoms with Gasteiger partial charge < -0.3 is 0 Å². The van der Waals surface area contributed by atoms with Gasteiger partial charge in [-0.1, -0.05) is 0 Å². The number of nitriles is 1. The fourth-order valence-electron chi connectivity index (χ4n) is 3.03. The molecule has 1 saturated carbocycles. The number of hydrogen-bond donors (Lipinski definition) is 0. The summed E-state index contributed by atoms with van der Waals surface area (Å²) in [6, 6.07) is 7.78. The molecule has 0 amide bonds. The van der Waals surface area contributed by atoms with Crippen molar-refractivity contribution in [3.63, 3.8) is 0 Å². The highest BCUT2D eigenvalue weighted by atomic mass is 19.2. The zero-order valence-electron chi connectivity index (χ0n) is 12.8. The largest absolute Gasteiger partial charge is 0.291 e. The van der Waals surface area contributed by atoms with E-state index < -0.39 is 11.6 Å². The molecule has 5 rings (SSSR count). The maximum Gasteiger partial charge on any atom is 0.218 e. The Bertz CT molecular complexity index is 1200. The van der Waals surface area contributed by atoms with Crippen LogP contribution in [0.1, 0.15) is 24.6 Å². The van der Waals surface area contributed by atoms with Crippen molar-refractivity contribution < 1.29 is 8.78 Å². The molecule has 122 valence electrons. The Morgan fingerprint density at radius 1 is 1.08 bits per heavy atom. The highest BCUT2D eigenvalue weighted by molar-refractivity contribution is 5.79. The number of halogens is 2. The highest BCUT2D eigenvalue weighted by Crippen LogP contribution is 2.39. The van der Waals surface area contributed by atoms with Crippen molar-refractivity contribution in [3.8, 4) is 12.0 Å². The summed E-state index contributed by atoms with van der Waals surface area (Å²) in [4.78, 5) is 13.1. The minimum Gasteiger partial charge on any atom is -0.291 e. The van der Waals surface area contributed by atoms with Gasteiger partial charge in [-0.25, -0.2) is 23.7 Å². The van der Waals surface area contributed by atoms with Gasteiger partial charge in [-0.2, -0.15) is 5.26 Å². The van der Waals surface area contributed by atoms with E-state index >= 15 is 0 Å². The Hall–Kier alpha value is -3.34. The van der Waals surface area contributed by atoms with Crippen molar-refractivity contribution in [1.82, 2.24) is 24.1 Å². The summed E-state index contributed by atoms with van der Waals surface area (Å²) in [5.41, 5.74) is 2.34. The van der Waals surface area contributed by atoms with Crippen LogP contribution in [0.15, 0.2) is 30.6 Å². The second-order valence-electron chi connectivity index (χ2n) is 6.03. The van der Waals surface area contributed by atoms with Crippen molar-refractivity contribution >= 4 is 22.2 Å². The van der Waals surface area contributed by atoms with Gasteiger partial charge in [0.05, 0.1) is 11.0 Å². The van der Waals surface area contributed by atoms with Gasteiger partial charge in [-0.05, 0) is 25.0 Å². The lowest BCUT2D eigenvalue weighted by Crippen LogP contribution is -2.05. The molecule has 1 fully saturated rings. The van der Waals surface area contributed by atoms with Crippen LogP contribution >= 0.6 is 0 Å². The fourth-order valence-corrected chi connectivity index (χ4v) is 3.03. The van der Waals surface area contributed by atoms with Gasteiger partial charge >= 0.3 is 0 Å². The maximum atomic E-state index is 13.7. The molecule has 6 nitrogen and oxygen atoms in total. The molecule has 25 heavy (non-hydrogen) atoms. The van der Waals surface area contributed by atoms with Gasteiger partial charge in [-0.3, -0.25) is 9.13 Å².